The maximum atomic E-state index is 11.2. The van der Waals surface area contributed by atoms with E-state index < -0.39 is 37.1 Å². The number of carbonyl (C=O) groups excluding carboxylic acids is 4. The molecule has 8 nitrogen and oxygen atoms in total. The summed E-state index contributed by atoms with van der Waals surface area (Å²) in [5.41, 5.74) is 0. The minimum Gasteiger partial charge on any atom is -0.466 e. The molecule has 0 aliphatic heterocycles. The second-order valence-electron chi connectivity index (χ2n) is 4.03. The van der Waals surface area contributed by atoms with Crippen molar-refractivity contribution >= 4 is 23.9 Å². The van der Waals surface area contributed by atoms with E-state index in [1.165, 1.54) is 14.2 Å². The summed E-state index contributed by atoms with van der Waals surface area (Å²) in [5.74, 6) is -2.21. The molecule has 0 N–H and O–H groups in total. The molecule has 0 aromatic rings. The highest BCUT2D eigenvalue weighted by Crippen LogP contribution is 2.05. The molecule has 0 aliphatic carbocycles. The van der Waals surface area contributed by atoms with Gasteiger partial charge >= 0.3 is 23.9 Å². The van der Waals surface area contributed by atoms with E-state index in [1.54, 1.807) is 0 Å². The van der Waals surface area contributed by atoms with Crippen LogP contribution in [-0.4, -0.2) is 51.3 Å². The SMILES string of the molecule is COC(=O)COC(=O)CCCCCC(=O)OCC(=O)OC. The number of hydrogen-bond donors (Lipinski definition) is 0. The van der Waals surface area contributed by atoms with Crippen molar-refractivity contribution in [3.63, 3.8) is 0 Å². The Morgan fingerprint density at radius 2 is 1.00 bits per heavy atom. The van der Waals surface area contributed by atoms with Crippen LogP contribution >= 0.6 is 0 Å². The minimum atomic E-state index is -0.614. The number of rotatable bonds is 10. The molecule has 0 atom stereocenters. The second-order valence-corrected chi connectivity index (χ2v) is 4.03. The predicted molar refractivity (Wildman–Crippen MR) is 69.0 cm³/mol. The fourth-order valence-corrected chi connectivity index (χ4v) is 1.26. The molecule has 0 amide bonds. The van der Waals surface area contributed by atoms with Gasteiger partial charge in [0.2, 0.25) is 0 Å². The molecule has 0 radical (unpaired) electrons. The third-order valence-corrected chi connectivity index (χ3v) is 2.42. The molecule has 21 heavy (non-hydrogen) atoms. The topological polar surface area (TPSA) is 105 Å². The molecule has 0 aromatic carbocycles. The van der Waals surface area contributed by atoms with E-state index in [0.29, 0.717) is 19.3 Å². The molecule has 8 heteroatoms. The molecule has 120 valence electrons. The van der Waals surface area contributed by atoms with Gasteiger partial charge in [0, 0.05) is 12.8 Å². The van der Waals surface area contributed by atoms with Crippen molar-refractivity contribution in [1.29, 1.82) is 0 Å². The van der Waals surface area contributed by atoms with Crippen molar-refractivity contribution < 1.29 is 38.1 Å². The zero-order chi connectivity index (χ0) is 16.1. The lowest BCUT2D eigenvalue weighted by Gasteiger charge is -2.04. The number of hydrogen-bond acceptors (Lipinski definition) is 8. The van der Waals surface area contributed by atoms with Crippen molar-refractivity contribution in [3.8, 4) is 0 Å². The second kappa shape index (κ2) is 11.7. The third-order valence-electron chi connectivity index (χ3n) is 2.42. The monoisotopic (exact) mass is 304 g/mol. The first-order valence-electron chi connectivity index (χ1n) is 6.44. The summed E-state index contributed by atoms with van der Waals surface area (Å²) in [7, 11) is 2.41. The molecule has 0 heterocycles. The number of carbonyl (C=O) groups is 4. The van der Waals surface area contributed by atoms with Gasteiger partial charge in [0.05, 0.1) is 14.2 Å². The van der Waals surface area contributed by atoms with Gasteiger partial charge < -0.3 is 18.9 Å². The van der Waals surface area contributed by atoms with Gasteiger partial charge in [0.15, 0.2) is 13.2 Å². The van der Waals surface area contributed by atoms with E-state index >= 15 is 0 Å². The van der Waals surface area contributed by atoms with Crippen LogP contribution in [-0.2, 0) is 38.1 Å². The number of ether oxygens (including phenoxy) is 4. The maximum absolute atomic E-state index is 11.2. The normalized spacial score (nSPS) is 9.62. The molecule has 0 saturated heterocycles. The Labute approximate surface area is 122 Å². The average molecular weight is 304 g/mol. The Bertz CT molecular complexity index is 329. The van der Waals surface area contributed by atoms with Crippen LogP contribution in [0.25, 0.3) is 0 Å². The quantitative estimate of drug-likeness (QED) is 0.324. The van der Waals surface area contributed by atoms with Crippen molar-refractivity contribution in [3.05, 3.63) is 0 Å². The van der Waals surface area contributed by atoms with Gasteiger partial charge in [-0.25, -0.2) is 9.59 Å². The summed E-state index contributed by atoms with van der Waals surface area (Å²) in [4.78, 5) is 43.8. The van der Waals surface area contributed by atoms with Gasteiger partial charge in [-0.05, 0) is 12.8 Å². The first-order valence-corrected chi connectivity index (χ1v) is 6.44. The smallest absolute Gasteiger partial charge is 0.344 e. The standard InChI is InChI=1S/C13H20O8/c1-18-12(16)8-20-10(14)6-4-3-5-7-11(15)21-9-13(17)19-2/h3-9H2,1-2H3. The van der Waals surface area contributed by atoms with E-state index in [0.717, 1.165) is 0 Å². The summed E-state index contributed by atoms with van der Waals surface area (Å²) in [6, 6.07) is 0. The largest absolute Gasteiger partial charge is 0.466 e. The van der Waals surface area contributed by atoms with Crippen molar-refractivity contribution in [2.45, 2.75) is 32.1 Å². The van der Waals surface area contributed by atoms with E-state index in [9.17, 15) is 19.2 Å². The van der Waals surface area contributed by atoms with Crippen molar-refractivity contribution in [1.82, 2.24) is 0 Å². The Balaban J connectivity index is 3.50. The van der Waals surface area contributed by atoms with Crippen LogP contribution in [0.15, 0.2) is 0 Å². The lowest BCUT2D eigenvalue weighted by Crippen LogP contribution is -2.15. The summed E-state index contributed by atoms with van der Waals surface area (Å²) in [5, 5.41) is 0. The maximum Gasteiger partial charge on any atom is 0.344 e. The fourth-order valence-electron chi connectivity index (χ4n) is 1.26. The summed E-state index contributed by atoms with van der Waals surface area (Å²) in [6.45, 7) is -0.787. The highest BCUT2D eigenvalue weighted by Gasteiger charge is 2.09. The molecule has 0 unspecified atom stereocenters. The molecule has 0 aromatic heterocycles. The lowest BCUT2D eigenvalue weighted by atomic mass is 10.1. The van der Waals surface area contributed by atoms with Gasteiger partial charge in [-0.3, -0.25) is 9.59 Å². The fraction of sp³-hybridized carbons (Fsp3) is 0.692. The number of unbranched alkanes of at least 4 members (excludes halogenated alkanes) is 2. The lowest BCUT2D eigenvalue weighted by molar-refractivity contribution is -0.157. The van der Waals surface area contributed by atoms with Crippen molar-refractivity contribution in [2.75, 3.05) is 27.4 Å². The zero-order valence-electron chi connectivity index (χ0n) is 12.2. The van der Waals surface area contributed by atoms with Crippen LogP contribution in [0.2, 0.25) is 0 Å². The minimum absolute atomic E-state index is 0.161. The van der Waals surface area contributed by atoms with E-state index in [-0.39, 0.29) is 12.8 Å². The summed E-state index contributed by atoms with van der Waals surface area (Å²) in [6.07, 6.45) is 2.01. The highest BCUT2D eigenvalue weighted by atomic mass is 16.6. The van der Waals surface area contributed by atoms with E-state index in [1.807, 2.05) is 0 Å². The molecule has 0 rings (SSSR count). The molecular formula is C13H20O8. The zero-order valence-corrected chi connectivity index (χ0v) is 12.2. The summed E-state index contributed by atoms with van der Waals surface area (Å²) < 4.78 is 17.9. The van der Waals surface area contributed by atoms with E-state index in [4.69, 9.17) is 0 Å². The predicted octanol–water partition coefficient (Wildman–Crippen LogP) is 0.369. The first-order chi connectivity index (χ1) is 9.99. The average Bonchev–Trinajstić information content (AvgIpc) is 2.49. The molecule has 0 fully saturated rings. The van der Waals surface area contributed by atoms with Crippen LogP contribution in [0.5, 0.6) is 0 Å². The highest BCUT2D eigenvalue weighted by molar-refractivity contribution is 5.76. The Hall–Kier alpha value is -2.12. The van der Waals surface area contributed by atoms with Gasteiger partial charge in [0.1, 0.15) is 0 Å². The number of esters is 4. The Kier molecular flexibility index (Phi) is 10.5. The first kappa shape index (κ1) is 18.9. The summed E-state index contributed by atoms with van der Waals surface area (Å²) >= 11 is 0. The molecule has 0 bridgehead atoms. The van der Waals surface area contributed by atoms with Gasteiger partial charge in [0.25, 0.3) is 0 Å². The van der Waals surface area contributed by atoms with Gasteiger partial charge in [-0.2, -0.15) is 0 Å². The third kappa shape index (κ3) is 11.4. The molecule has 0 saturated carbocycles. The van der Waals surface area contributed by atoms with Crippen LogP contribution in [0.1, 0.15) is 32.1 Å². The van der Waals surface area contributed by atoms with Gasteiger partial charge in [-0.15, -0.1) is 0 Å². The van der Waals surface area contributed by atoms with Crippen LogP contribution in [0.4, 0.5) is 0 Å². The van der Waals surface area contributed by atoms with Crippen LogP contribution < -0.4 is 0 Å². The molecule has 0 aliphatic rings. The Morgan fingerprint density at radius 3 is 1.33 bits per heavy atom. The molecule has 0 spiro atoms. The van der Waals surface area contributed by atoms with Crippen LogP contribution in [0.3, 0.4) is 0 Å². The van der Waals surface area contributed by atoms with E-state index in [2.05, 4.69) is 18.9 Å². The van der Waals surface area contributed by atoms with Crippen LogP contribution in [0, 0.1) is 0 Å². The molecular weight excluding hydrogens is 284 g/mol. The number of methoxy groups -OCH3 is 2. The van der Waals surface area contributed by atoms with Gasteiger partial charge in [-0.1, -0.05) is 6.42 Å². The Morgan fingerprint density at radius 1 is 0.619 bits per heavy atom. The van der Waals surface area contributed by atoms with Crippen molar-refractivity contribution in [2.24, 2.45) is 0 Å².